The molecule has 0 aliphatic heterocycles. The molecular formula is C17H37NO2. The second kappa shape index (κ2) is 16.9. The Balaban J connectivity index is 3.56. The second-order valence-electron chi connectivity index (χ2n) is 5.60. The first kappa shape index (κ1) is 19.9. The average Bonchev–Trinajstić information content (AvgIpc) is 2.46. The van der Waals surface area contributed by atoms with Crippen molar-refractivity contribution >= 4 is 0 Å². The van der Waals surface area contributed by atoms with Gasteiger partial charge in [-0.15, -0.1) is 0 Å². The third kappa shape index (κ3) is 14.3. The van der Waals surface area contributed by atoms with Gasteiger partial charge in [0.15, 0.2) is 0 Å². The van der Waals surface area contributed by atoms with E-state index in [1.807, 2.05) is 0 Å². The van der Waals surface area contributed by atoms with Crippen LogP contribution in [0.2, 0.25) is 0 Å². The zero-order valence-electron chi connectivity index (χ0n) is 14.1. The summed E-state index contributed by atoms with van der Waals surface area (Å²) in [5.74, 6) is 0. The average molecular weight is 287 g/mol. The van der Waals surface area contributed by atoms with Crippen LogP contribution < -0.4 is 5.32 Å². The summed E-state index contributed by atoms with van der Waals surface area (Å²) < 4.78 is 10.4. The summed E-state index contributed by atoms with van der Waals surface area (Å²) in [4.78, 5) is 0. The zero-order chi connectivity index (χ0) is 14.9. The van der Waals surface area contributed by atoms with Crippen molar-refractivity contribution in [1.82, 2.24) is 5.32 Å². The fraction of sp³-hybridized carbons (Fsp3) is 1.00. The van der Waals surface area contributed by atoms with Gasteiger partial charge in [0, 0.05) is 19.8 Å². The van der Waals surface area contributed by atoms with Crippen LogP contribution in [0.1, 0.15) is 71.6 Å². The predicted octanol–water partition coefficient (Wildman–Crippen LogP) is 4.16. The summed E-state index contributed by atoms with van der Waals surface area (Å²) in [5, 5.41) is 3.72. The highest BCUT2D eigenvalue weighted by Gasteiger charge is 2.07. The highest BCUT2D eigenvalue weighted by Crippen LogP contribution is 2.11. The van der Waals surface area contributed by atoms with E-state index in [2.05, 4.69) is 19.2 Å². The Morgan fingerprint density at radius 1 is 0.800 bits per heavy atom. The fourth-order valence-corrected chi connectivity index (χ4v) is 2.35. The van der Waals surface area contributed by atoms with E-state index >= 15 is 0 Å². The van der Waals surface area contributed by atoms with E-state index in [1.54, 1.807) is 7.11 Å². The minimum absolute atomic E-state index is 0.699. The summed E-state index contributed by atoms with van der Waals surface area (Å²) in [6.45, 7) is 7.88. The van der Waals surface area contributed by atoms with Crippen LogP contribution in [0.3, 0.4) is 0 Å². The number of methoxy groups -OCH3 is 1. The Hall–Kier alpha value is -0.120. The Bertz CT molecular complexity index is 166. The van der Waals surface area contributed by atoms with Gasteiger partial charge >= 0.3 is 0 Å². The van der Waals surface area contributed by atoms with E-state index in [0.717, 1.165) is 19.6 Å². The maximum absolute atomic E-state index is 5.49. The molecule has 0 aliphatic rings. The van der Waals surface area contributed by atoms with E-state index in [0.29, 0.717) is 19.3 Å². The second-order valence-corrected chi connectivity index (χ2v) is 5.60. The molecule has 3 heteroatoms. The van der Waals surface area contributed by atoms with Gasteiger partial charge in [0.25, 0.3) is 0 Å². The van der Waals surface area contributed by atoms with Crippen LogP contribution in [0.15, 0.2) is 0 Å². The SMILES string of the molecule is CCCCCC(CCCCC)NCCCOCCOC. The predicted molar refractivity (Wildman–Crippen MR) is 87.4 cm³/mol. The molecule has 0 saturated heterocycles. The van der Waals surface area contributed by atoms with Crippen LogP contribution in [0, 0.1) is 0 Å². The van der Waals surface area contributed by atoms with Gasteiger partial charge in [0.1, 0.15) is 0 Å². The summed E-state index contributed by atoms with van der Waals surface area (Å²) >= 11 is 0. The number of rotatable bonds is 16. The first-order chi connectivity index (χ1) is 9.85. The fourth-order valence-electron chi connectivity index (χ4n) is 2.35. The van der Waals surface area contributed by atoms with Crippen LogP contribution in [0.5, 0.6) is 0 Å². The molecule has 0 saturated carbocycles. The monoisotopic (exact) mass is 287 g/mol. The molecule has 0 spiro atoms. The Morgan fingerprint density at radius 2 is 1.45 bits per heavy atom. The van der Waals surface area contributed by atoms with Gasteiger partial charge in [-0.1, -0.05) is 52.4 Å². The molecule has 3 nitrogen and oxygen atoms in total. The van der Waals surface area contributed by atoms with Gasteiger partial charge in [-0.2, -0.15) is 0 Å². The third-order valence-corrected chi connectivity index (χ3v) is 3.64. The summed E-state index contributed by atoms with van der Waals surface area (Å²) in [5.41, 5.74) is 0. The molecule has 0 fully saturated rings. The number of unbranched alkanes of at least 4 members (excludes halogenated alkanes) is 4. The summed E-state index contributed by atoms with van der Waals surface area (Å²) in [6, 6.07) is 0.715. The molecule has 122 valence electrons. The van der Waals surface area contributed by atoms with E-state index in [-0.39, 0.29) is 0 Å². The van der Waals surface area contributed by atoms with Gasteiger partial charge in [-0.3, -0.25) is 0 Å². The molecule has 1 N–H and O–H groups in total. The Labute approximate surface area is 126 Å². The molecular weight excluding hydrogens is 250 g/mol. The molecule has 0 radical (unpaired) electrons. The van der Waals surface area contributed by atoms with E-state index in [4.69, 9.17) is 9.47 Å². The first-order valence-electron chi connectivity index (χ1n) is 8.65. The highest BCUT2D eigenvalue weighted by atomic mass is 16.5. The molecule has 0 atom stereocenters. The maximum atomic E-state index is 5.49. The molecule has 0 aromatic heterocycles. The van der Waals surface area contributed by atoms with Crippen molar-refractivity contribution in [3.8, 4) is 0 Å². The normalized spacial score (nSPS) is 11.4. The van der Waals surface area contributed by atoms with Crippen LogP contribution in [-0.4, -0.2) is 39.5 Å². The van der Waals surface area contributed by atoms with Crippen LogP contribution in [0.25, 0.3) is 0 Å². The highest BCUT2D eigenvalue weighted by molar-refractivity contribution is 4.67. The van der Waals surface area contributed by atoms with Crippen LogP contribution in [-0.2, 0) is 9.47 Å². The van der Waals surface area contributed by atoms with Crippen LogP contribution in [0.4, 0.5) is 0 Å². The van der Waals surface area contributed by atoms with Gasteiger partial charge in [-0.25, -0.2) is 0 Å². The maximum Gasteiger partial charge on any atom is 0.0700 e. The minimum Gasteiger partial charge on any atom is -0.382 e. The number of hydrogen-bond donors (Lipinski definition) is 1. The molecule has 0 unspecified atom stereocenters. The zero-order valence-corrected chi connectivity index (χ0v) is 14.1. The summed E-state index contributed by atoms with van der Waals surface area (Å²) in [7, 11) is 1.71. The first-order valence-corrected chi connectivity index (χ1v) is 8.65. The third-order valence-electron chi connectivity index (χ3n) is 3.64. The van der Waals surface area contributed by atoms with Crippen molar-refractivity contribution in [3.63, 3.8) is 0 Å². The Morgan fingerprint density at radius 3 is 2.00 bits per heavy atom. The lowest BCUT2D eigenvalue weighted by Gasteiger charge is -2.18. The largest absolute Gasteiger partial charge is 0.382 e. The molecule has 0 heterocycles. The van der Waals surface area contributed by atoms with E-state index in [1.165, 1.54) is 51.4 Å². The van der Waals surface area contributed by atoms with Crippen molar-refractivity contribution in [2.24, 2.45) is 0 Å². The smallest absolute Gasteiger partial charge is 0.0700 e. The Kier molecular flexibility index (Phi) is 16.8. The van der Waals surface area contributed by atoms with Crippen molar-refractivity contribution in [1.29, 1.82) is 0 Å². The topological polar surface area (TPSA) is 30.5 Å². The summed E-state index contributed by atoms with van der Waals surface area (Å²) in [6.07, 6.45) is 11.9. The molecule has 0 aliphatic carbocycles. The van der Waals surface area contributed by atoms with E-state index in [9.17, 15) is 0 Å². The number of nitrogens with one attached hydrogen (secondary N) is 1. The lowest BCUT2D eigenvalue weighted by molar-refractivity contribution is 0.0691. The molecule has 20 heavy (non-hydrogen) atoms. The number of hydrogen-bond acceptors (Lipinski definition) is 3. The van der Waals surface area contributed by atoms with Crippen LogP contribution >= 0.6 is 0 Å². The van der Waals surface area contributed by atoms with Crippen molar-refractivity contribution in [2.75, 3.05) is 33.5 Å². The molecule has 0 amide bonds. The van der Waals surface area contributed by atoms with E-state index < -0.39 is 0 Å². The molecule has 0 rings (SSSR count). The standard InChI is InChI=1S/C17H37NO2/c1-4-6-8-11-17(12-9-7-5-2)18-13-10-14-20-16-15-19-3/h17-18H,4-16H2,1-3H3. The van der Waals surface area contributed by atoms with Gasteiger partial charge in [0.05, 0.1) is 13.2 Å². The van der Waals surface area contributed by atoms with Gasteiger partial charge in [0.2, 0.25) is 0 Å². The minimum atomic E-state index is 0.699. The molecule has 0 aromatic carbocycles. The van der Waals surface area contributed by atoms with Crippen molar-refractivity contribution < 1.29 is 9.47 Å². The molecule has 0 bridgehead atoms. The van der Waals surface area contributed by atoms with Crippen molar-refractivity contribution in [2.45, 2.75) is 77.7 Å². The quantitative estimate of drug-likeness (QED) is 0.432. The van der Waals surface area contributed by atoms with Crippen molar-refractivity contribution in [3.05, 3.63) is 0 Å². The number of ether oxygens (including phenoxy) is 2. The lowest BCUT2D eigenvalue weighted by Crippen LogP contribution is -2.30. The van der Waals surface area contributed by atoms with Gasteiger partial charge in [-0.05, 0) is 25.8 Å². The van der Waals surface area contributed by atoms with Gasteiger partial charge < -0.3 is 14.8 Å². The molecule has 0 aromatic rings. The lowest BCUT2D eigenvalue weighted by atomic mass is 10.0.